The molecule has 0 saturated carbocycles. The molecule has 0 saturated heterocycles. The molecule has 0 aliphatic carbocycles. The maximum absolute atomic E-state index is 13.7. The maximum Gasteiger partial charge on any atom is 0.206 e. The predicted molar refractivity (Wildman–Crippen MR) is 77.0 cm³/mol. The number of ether oxygens (including phenoxy) is 1. The lowest BCUT2D eigenvalue weighted by Gasteiger charge is -2.09. The number of hydrogen-bond donors (Lipinski definition) is 1. The number of imidazole rings is 1. The summed E-state index contributed by atoms with van der Waals surface area (Å²) in [6.45, 7) is 0. The summed E-state index contributed by atoms with van der Waals surface area (Å²) in [6.07, 6.45) is 0. The van der Waals surface area contributed by atoms with Crippen LogP contribution in [-0.2, 0) is 0 Å². The Morgan fingerprint density at radius 1 is 1.24 bits per heavy atom. The molecule has 0 radical (unpaired) electrons. The molecule has 4 nitrogen and oxygen atoms in total. The Labute approximate surface area is 123 Å². The van der Waals surface area contributed by atoms with Crippen molar-refractivity contribution >= 4 is 28.6 Å². The van der Waals surface area contributed by atoms with Gasteiger partial charge >= 0.3 is 0 Å². The van der Waals surface area contributed by atoms with Gasteiger partial charge in [-0.15, -0.1) is 0 Å². The zero-order chi connectivity index (χ0) is 15.1. The molecule has 1 aromatic heterocycles. The van der Waals surface area contributed by atoms with Crippen molar-refractivity contribution in [1.29, 1.82) is 0 Å². The normalized spacial score (nSPS) is 11.0. The number of halogens is 3. The lowest BCUT2D eigenvalue weighted by molar-refractivity contribution is 0.415. The second-order valence-corrected chi connectivity index (χ2v) is 4.79. The van der Waals surface area contributed by atoms with Gasteiger partial charge in [-0.25, -0.2) is 13.8 Å². The van der Waals surface area contributed by atoms with Crippen molar-refractivity contribution in [3.63, 3.8) is 0 Å². The fourth-order valence-electron chi connectivity index (χ4n) is 2.19. The van der Waals surface area contributed by atoms with Crippen LogP contribution < -0.4 is 10.5 Å². The molecule has 1 heterocycles. The first-order valence-corrected chi connectivity index (χ1v) is 6.36. The minimum absolute atomic E-state index is 0.000778. The average molecular weight is 310 g/mol. The van der Waals surface area contributed by atoms with E-state index in [0.29, 0.717) is 16.5 Å². The Bertz CT molecular complexity index is 848. The Balaban J connectivity index is 2.29. The van der Waals surface area contributed by atoms with Crippen LogP contribution >= 0.6 is 11.6 Å². The Morgan fingerprint density at radius 3 is 2.67 bits per heavy atom. The van der Waals surface area contributed by atoms with Gasteiger partial charge in [0.1, 0.15) is 17.1 Å². The summed E-state index contributed by atoms with van der Waals surface area (Å²) in [5.74, 6) is -0.952. The zero-order valence-electron chi connectivity index (χ0n) is 10.9. The van der Waals surface area contributed by atoms with Crippen LogP contribution in [0.15, 0.2) is 30.3 Å². The summed E-state index contributed by atoms with van der Waals surface area (Å²) < 4.78 is 33.7. The molecule has 3 aromatic rings. The molecule has 0 spiro atoms. The van der Waals surface area contributed by atoms with Crippen LogP contribution in [0.1, 0.15) is 0 Å². The molecule has 0 aliphatic rings. The molecule has 0 fully saturated rings. The van der Waals surface area contributed by atoms with E-state index in [0.717, 1.165) is 6.07 Å². The third-order valence-electron chi connectivity index (χ3n) is 3.10. The van der Waals surface area contributed by atoms with E-state index in [2.05, 4.69) is 4.98 Å². The highest BCUT2D eigenvalue weighted by molar-refractivity contribution is 6.32. The van der Waals surface area contributed by atoms with Crippen LogP contribution in [0.25, 0.3) is 16.7 Å². The number of hydrogen-bond acceptors (Lipinski definition) is 3. The van der Waals surface area contributed by atoms with Crippen LogP contribution in [0.4, 0.5) is 14.7 Å². The van der Waals surface area contributed by atoms with E-state index in [-0.39, 0.29) is 17.0 Å². The molecule has 7 heteroatoms. The van der Waals surface area contributed by atoms with E-state index in [4.69, 9.17) is 22.1 Å². The van der Waals surface area contributed by atoms with Crippen molar-refractivity contribution in [2.45, 2.75) is 0 Å². The molecule has 3 rings (SSSR count). The second kappa shape index (κ2) is 4.89. The SMILES string of the molecule is COc1ccc(-n2c(N)nc3c(F)cc(F)cc32)cc1Cl. The first kappa shape index (κ1) is 13.6. The number of nitrogen functional groups attached to an aromatic ring is 1. The van der Waals surface area contributed by atoms with E-state index < -0.39 is 11.6 Å². The van der Waals surface area contributed by atoms with Crippen molar-refractivity contribution < 1.29 is 13.5 Å². The largest absolute Gasteiger partial charge is 0.495 e. The van der Waals surface area contributed by atoms with Crippen molar-refractivity contribution in [3.05, 3.63) is 47.0 Å². The molecule has 0 atom stereocenters. The summed E-state index contributed by atoms with van der Waals surface area (Å²) in [5.41, 5.74) is 6.58. The van der Waals surface area contributed by atoms with Crippen molar-refractivity contribution in [3.8, 4) is 11.4 Å². The lowest BCUT2D eigenvalue weighted by atomic mass is 10.2. The number of fused-ring (bicyclic) bond motifs is 1. The van der Waals surface area contributed by atoms with Gasteiger partial charge in [0.25, 0.3) is 0 Å². The predicted octanol–water partition coefficient (Wildman–Crippen LogP) is 3.55. The van der Waals surface area contributed by atoms with E-state index in [1.54, 1.807) is 18.2 Å². The van der Waals surface area contributed by atoms with Crippen LogP contribution in [0.3, 0.4) is 0 Å². The van der Waals surface area contributed by atoms with Gasteiger partial charge in [-0.05, 0) is 18.2 Å². The molecule has 0 unspecified atom stereocenters. The number of aromatic nitrogens is 2. The molecular weight excluding hydrogens is 300 g/mol. The Hall–Kier alpha value is -2.34. The number of anilines is 1. The van der Waals surface area contributed by atoms with Gasteiger partial charge in [-0.2, -0.15) is 0 Å². The molecule has 21 heavy (non-hydrogen) atoms. The van der Waals surface area contributed by atoms with Gasteiger partial charge in [0.05, 0.1) is 23.3 Å². The van der Waals surface area contributed by atoms with Gasteiger partial charge < -0.3 is 10.5 Å². The summed E-state index contributed by atoms with van der Waals surface area (Å²) in [4.78, 5) is 3.93. The van der Waals surface area contributed by atoms with E-state index in [9.17, 15) is 8.78 Å². The Kier molecular flexibility index (Phi) is 3.17. The molecule has 0 amide bonds. The van der Waals surface area contributed by atoms with E-state index in [1.165, 1.54) is 17.7 Å². The summed E-state index contributed by atoms with van der Waals surface area (Å²) in [5, 5.41) is 0.355. The zero-order valence-corrected chi connectivity index (χ0v) is 11.7. The van der Waals surface area contributed by atoms with E-state index >= 15 is 0 Å². The van der Waals surface area contributed by atoms with Gasteiger partial charge in [0.15, 0.2) is 5.82 Å². The summed E-state index contributed by atoms with van der Waals surface area (Å²) >= 11 is 6.06. The highest BCUT2D eigenvalue weighted by atomic mass is 35.5. The molecule has 0 bridgehead atoms. The lowest BCUT2D eigenvalue weighted by Crippen LogP contribution is -2.01. The molecule has 2 aromatic carbocycles. The van der Waals surface area contributed by atoms with Gasteiger partial charge in [-0.3, -0.25) is 4.57 Å². The van der Waals surface area contributed by atoms with Gasteiger partial charge in [0.2, 0.25) is 5.95 Å². The number of nitrogens with two attached hydrogens (primary N) is 1. The van der Waals surface area contributed by atoms with Crippen molar-refractivity contribution in [2.24, 2.45) is 0 Å². The topological polar surface area (TPSA) is 53.1 Å². The highest BCUT2D eigenvalue weighted by Crippen LogP contribution is 2.31. The average Bonchev–Trinajstić information content (AvgIpc) is 2.75. The fourth-order valence-corrected chi connectivity index (χ4v) is 2.44. The van der Waals surface area contributed by atoms with Crippen molar-refractivity contribution in [1.82, 2.24) is 9.55 Å². The first-order valence-electron chi connectivity index (χ1n) is 5.98. The monoisotopic (exact) mass is 309 g/mol. The van der Waals surface area contributed by atoms with E-state index in [1.807, 2.05) is 0 Å². The minimum atomic E-state index is -0.768. The van der Waals surface area contributed by atoms with Crippen LogP contribution in [-0.4, -0.2) is 16.7 Å². The van der Waals surface area contributed by atoms with Crippen molar-refractivity contribution in [2.75, 3.05) is 12.8 Å². The number of rotatable bonds is 2. The molecule has 0 aliphatic heterocycles. The van der Waals surface area contributed by atoms with Gasteiger partial charge in [0, 0.05) is 12.1 Å². The quantitative estimate of drug-likeness (QED) is 0.787. The Morgan fingerprint density at radius 2 is 2.00 bits per heavy atom. The number of benzene rings is 2. The summed E-state index contributed by atoms with van der Waals surface area (Å²) in [6, 6.07) is 6.82. The standard InChI is InChI=1S/C14H10ClF2N3O/c1-21-12-3-2-8(6-9(12)15)20-11-5-7(16)4-10(17)13(11)19-14(20)18/h2-6H,1H3,(H2,18,19). The maximum atomic E-state index is 13.7. The molecular formula is C14H10ClF2N3O. The fraction of sp³-hybridized carbons (Fsp3) is 0.0714. The number of methoxy groups -OCH3 is 1. The molecule has 108 valence electrons. The van der Waals surface area contributed by atoms with Gasteiger partial charge in [-0.1, -0.05) is 11.6 Å². The highest BCUT2D eigenvalue weighted by Gasteiger charge is 2.16. The third kappa shape index (κ3) is 2.17. The van der Waals surface area contributed by atoms with Crippen LogP contribution in [0.5, 0.6) is 5.75 Å². The smallest absolute Gasteiger partial charge is 0.206 e. The number of nitrogens with zero attached hydrogens (tertiary/aromatic N) is 2. The van der Waals surface area contributed by atoms with Crippen LogP contribution in [0.2, 0.25) is 5.02 Å². The summed E-state index contributed by atoms with van der Waals surface area (Å²) in [7, 11) is 1.49. The third-order valence-corrected chi connectivity index (χ3v) is 3.39. The minimum Gasteiger partial charge on any atom is -0.495 e. The first-order chi connectivity index (χ1) is 10.0. The molecule has 2 N–H and O–H groups in total. The second-order valence-electron chi connectivity index (χ2n) is 4.38. The van der Waals surface area contributed by atoms with Crippen LogP contribution in [0, 0.1) is 11.6 Å².